The predicted molar refractivity (Wildman–Crippen MR) is 110 cm³/mol. The summed E-state index contributed by atoms with van der Waals surface area (Å²) in [5, 5.41) is 7.17. The van der Waals surface area contributed by atoms with E-state index >= 15 is 0 Å². The summed E-state index contributed by atoms with van der Waals surface area (Å²) in [7, 11) is 0. The number of aromatic nitrogens is 4. The van der Waals surface area contributed by atoms with Crippen molar-refractivity contribution in [3.63, 3.8) is 0 Å². The topological polar surface area (TPSA) is 95.1 Å². The van der Waals surface area contributed by atoms with Crippen LogP contribution in [-0.2, 0) is 11.2 Å². The highest BCUT2D eigenvalue weighted by atomic mass is 16.2. The first-order valence-corrected chi connectivity index (χ1v) is 10.0. The Bertz CT molecular complexity index is 1000. The van der Waals surface area contributed by atoms with E-state index in [2.05, 4.69) is 20.2 Å². The standard InChI is InChI=1S/C22H24N6O2/c1-16-24-21(26-25-16)19-9-11-27(22(30)18-8-5-10-23-15-18)12-13-28(19)20(29)14-17-6-3-2-4-7-17/h2-8,10,15,19H,9,11-14H2,1H3,(H,24,25,26). The van der Waals surface area contributed by atoms with Crippen molar-refractivity contribution in [1.29, 1.82) is 0 Å². The molecule has 8 heteroatoms. The fourth-order valence-electron chi connectivity index (χ4n) is 3.75. The quantitative estimate of drug-likeness (QED) is 0.719. The summed E-state index contributed by atoms with van der Waals surface area (Å²) >= 11 is 0. The van der Waals surface area contributed by atoms with E-state index in [0.29, 0.717) is 49.7 Å². The molecule has 1 aromatic carbocycles. The molecule has 154 valence electrons. The molecule has 3 heterocycles. The molecule has 1 aliphatic heterocycles. The number of aromatic amines is 1. The molecule has 1 atom stereocenters. The molecule has 4 rings (SSSR count). The van der Waals surface area contributed by atoms with Gasteiger partial charge in [0, 0.05) is 32.0 Å². The Balaban J connectivity index is 1.56. The van der Waals surface area contributed by atoms with Crippen molar-refractivity contribution in [3.05, 3.63) is 77.6 Å². The number of amides is 2. The molecule has 0 radical (unpaired) electrons. The lowest BCUT2D eigenvalue weighted by atomic mass is 10.1. The lowest BCUT2D eigenvalue weighted by Crippen LogP contribution is -2.39. The Morgan fingerprint density at radius 1 is 1.10 bits per heavy atom. The molecule has 0 spiro atoms. The number of nitrogens with zero attached hydrogens (tertiary/aromatic N) is 5. The van der Waals surface area contributed by atoms with Crippen LogP contribution in [0.25, 0.3) is 0 Å². The largest absolute Gasteiger partial charge is 0.337 e. The van der Waals surface area contributed by atoms with Gasteiger partial charge in [-0.05, 0) is 31.0 Å². The first kappa shape index (κ1) is 19.8. The van der Waals surface area contributed by atoms with Gasteiger partial charge in [-0.25, -0.2) is 4.98 Å². The molecule has 1 unspecified atom stereocenters. The van der Waals surface area contributed by atoms with E-state index in [1.54, 1.807) is 29.4 Å². The average molecular weight is 404 g/mol. The number of H-pyrrole nitrogens is 1. The van der Waals surface area contributed by atoms with Crippen molar-refractivity contribution in [3.8, 4) is 0 Å². The first-order valence-electron chi connectivity index (χ1n) is 10.0. The monoisotopic (exact) mass is 404 g/mol. The first-order chi connectivity index (χ1) is 14.6. The molecule has 3 aromatic rings. The van der Waals surface area contributed by atoms with Gasteiger partial charge < -0.3 is 9.80 Å². The van der Waals surface area contributed by atoms with Crippen LogP contribution in [0, 0.1) is 6.92 Å². The highest BCUT2D eigenvalue weighted by molar-refractivity contribution is 5.94. The Kier molecular flexibility index (Phi) is 5.83. The van der Waals surface area contributed by atoms with Crippen molar-refractivity contribution in [2.24, 2.45) is 0 Å². The van der Waals surface area contributed by atoms with Gasteiger partial charge in [-0.15, -0.1) is 0 Å². The van der Waals surface area contributed by atoms with E-state index in [1.807, 2.05) is 42.2 Å². The SMILES string of the molecule is Cc1nc(C2CCN(C(=O)c3cccnc3)CCN2C(=O)Cc2ccccc2)n[nH]1. The van der Waals surface area contributed by atoms with Crippen LogP contribution in [0.1, 0.15) is 40.0 Å². The third-order valence-corrected chi connectivity index (χ3v) is 5.29. The number of pyridine rings is 1. The number of hydrogen-bond donors (Lipinski definition) is 1. The van der Waals surface area contributed by atoms with Gasteiger partial charge in [0.1, 0.15) is 5.82 Å². The molecule has 8 nitrogen and oxygen atoms in total. The lowest BCUT2D eigenvalue weighted by molar-refractivity contribution is -0.133. The molecule has 0 bridgehead atoms. The number of hydrogen-bond acceptors (Lipinski definition) is 5. The zero-order chi connectivity index (χ0) is 20.9. The van der Waals surface area contributed by atoms with Gasteiger partial charge in [-0.1, -0.05) is 30.3 Å². The summed E-state index contributed by atoms with van der Waals surface area (Å²) in [6, 6.07) is 12.9. The fraction of sp³-hybridized carbons (Fsp3) is 0.318. The van der Waals surface area contributed by atoms with Crippen molar-refractivity contribution in [1.82, 2.24) is 30.0 Å². The van der Waals surface area contributed by atoms with Gasteiger partial charge in [0.25, 0.3) is 5.91 Å². The van der Waals surface area contributed by atoms with E-state index in [9.17, 15) is 9.59 Å². The number of aryl methyl sites for hydroxylation is 1. The van der Waals surface area contributed by atoms with Gasteiger partial charge in [0.15, 0.2) is 5.82 Å². The maximum absolute atomic E-state index is 13.2. The van der Waals surface area contributed by atoms with Gasteiger partial charge in [-0.3, -0.25) is 19.7 Å². The van der Waals surface area contributed by atoms with Crippen LogP contribution >= 0.6 is 0 Å². The molecule has 0 aliphatic carbocycles. The zero-order valence-corrected chi connectivity index (χ0v) is 16.9. The second-order valence-corrected chi connectivity index (χ2v) is 7.37. The highest BCUT2D eigenvalue weighted by Gasteiger charge is 2.33. The second-order valence-electron chi connectivity index (χ2n) is 7.37. The molecule has 1 N–H and O–H groups in total. The van der Waals surface area contributed by atoms with Crippen molar-refractivity contribution in [2.75, 3.05) is 19.6 Å². The zero-order valence-electron chi connectivity index (χ0n) is 16.9. The maximum atomic E-state index is 13.2. The van der Waals surface area contributed by atoms with Crippen LogP contribution in [0.15, 0.2) is 54.9 Å². The fourth-order valence-corrected chi connectivity index (χ4v) is 3.75. The molecule has 1 saturated heterocycles. The van der Waals surface area contributed by atoms with Crippen LogP contribution in [0.5, 0.6) is 0 Å². The van der Waals surface area contributed by atoms with Crippen LogP contribution in [-0.4, -0.2) is 61.4 Å². The normalized spacial score (nSPS) is 16.9. The van der Waals surface area contributed by atoms with Crippen molar-refractivity contribution in [2.45, 2.75) is 25.8 Å². The number of carbonyl (C=O) groups is 2. The Morgan fingerprint density at radius 2 is 1.93 bits per heavy atom. The summed E-state index contributed by atoms with van der Waals surface area (Å²) in [6.07, 6.45) is 4.09. The van der Waals surface area contributed by atoms with E-state index in [-0.39, 0.29) is 17.9 Å². The Labute approximate surface area is 175 Å². The predicted octanol–water partition coefficient (Wildman–Crippen LogP) is 2.17. The van der Waals surface area contributed by atoms with E-state index < -0.39 is 0 Å². The van der Waals surface area contributed by atoms with E-state index in [1.165, 1.54) is 0 Å². The summed E-state index contributed by atoms with van der Waals surface area (Å²) in [5.74, 6) is 1.22. The van der Waals surface area contributed by atoms with E-state index in [0.717, 1.165) is 5.56 Å². The second kappa shape index (κ2) is 8.86. The average Bonchev–Trinajstić information content (AvgIpc) is 3.08. The molecular formula is C22H24N6O2. The maximum Gasteiger partial charge on any atom is 0.255 e. The summed E-state index contributed by atoms with van der Waals surface area (Å²) in [6.45, 7) is 3.23. The Morgan fingerprint density at radius 3 is 2.63 bits per heavy atom. The smallest absolute Gasteiger partial charge is 0.255 e. The molecule has 1 fully saturated rings. The van der Waals surface area contributed by atoms with E-state index in [4.69, 9.17) is 0 Å². The highest BCUT2D eigenvalue weighted by Crippen LogP contribution is 2.26. The van der Waals surface area contributed by atoms with Crippen molar-refractivity contribution < 1.29 is 9.59 Å². The number of nitrogens with one attached hydrogen (secondary N) is 1. The third kappa shape index (κ3) is 4.37. The minimum absolute atomic E-state index is 0.00401. The summed E-state index contributed by atoms with van der Waals surface area (Å²) in [4.78, 5) is 38.2. The number of rotatable bonds is 4. The van der Waals surface area contributed by atoms with Crippen molar-refractivity contribution >= 4 is 11.8 Å². The van der Waals surface area contributed by atoms with Gasteiger partial charge >= 0.3 is 0 Å². The summed E-state index contributed by atoms with van der Waals surface area (Å²) < 4.78 is 0. The molecule has 2 amide bonds. The van der Waals surface area contributed by atoms with Crippen LogP contribution < -0.4 is 0 Å². The minimum atomic E-state index is -0.280. The molecular weight excluding hydrogens is 380 g/mol. The molecule has 30 heavy (non-hydrogen) atoms. The van der Waals surface area contributed by atoms with Crippen LogP contribution in [0.4, 0.5) is 0 Å². The number of carbonyl (C=O) groups excluding carboxylic acids is 2. The molecule has 2 aromatic heterocycles. The molecule has 0 saturated carbocycles. The lowest BCUT2D eigenvalue weighted by Gasteiger charge is -2.27. The molecule has 1 aliphatic rings. The van der Waals surface area contributed by atoms with Crippen LogP contribution in [0.3, 0.4) is 0 Å². The number of benzene rings is 1. The minimum Gasteiger partial charge on any atom is -0.337 e. The van der Waals surface area contributed by atoms with Crippen LogP contribution in [0.2, 0.25) is 0 Å². The Hall–Kier alpha value is -3.55. The van der Waals surface area contributed by atoms with Gasteiger partial charge in [0.05, 0.1) is 18.0 Å². The van der Waals surface area contributed by atoms with Gasteiger partial charge in [0.2, 0.25) is 5.91 Å². The summed E-state index contributed by atoms with van der Waals surface area (Å²) in [5.41, 5.74) is 1.51. The van der Waals surface area contributed by atoms with Gasteiger partial charge in [-0.2, -0.15) is 5.10 Å². The third-order valence-electron chi connectivity index (χ3n) is 5.29.